The summed E-state index contributed by atoms with van der Waals surface area (Å²) in [6, 6.07) is 6.52. The lowest BCUT2D eigenvalue weighted by atomic mass is 10.2. The van der Waals surface area contributed by atoms with Crippen LogP contribution < -0.4 is 5.32 Å². The summed E-state index contributed by atoms with van der Waals surface area (Å²) < 4.78 is 5.70. The van der Waals surface area contributed by atoms with E-state index in [1.165, 1.54) is 24.4 Å². The van der Waals surface area contributed by atoms with E-state index in [2.05, 4.69) is 45.9 Å². The number of hydrogen-bond acceptors (Lipinski definition) is 4. The largest absolute Gasteiger partial charge is 0.468 e. The van der Waals surface area contributed by atoms with Crippen molar-refractivity contribution in [2.75, 3.05) is 12.9 Å². The molecule has 0 aromatic heterocycles. The summed E-state index contributed by atoms with van der Waals surface area (Å²) in [6.45, 7) is 5.01. The van der Waals surface area contributed by atoms with Gasteiger partial charge >= 0.3 is 5.97 Å². The molecule has 3 nitrogen and oxygen atoms in total. The number of nitrogens with one attached hydrogen (secondary N) is 1. The van der Waals surface area contributed by atoms with Gasteiger partial charge in [-0.1, -0.05) is 29.8 Å². The van der Waals surface area contributed by atoms with Gasteiger partial charge in [-0.3, -0.25) is 4.79 Å². The molecular weight excluding hydrogens is 314 g/mol. The van der Waals surface area contributed by atoms with Crippen molar-refractivity contribution >= 4 is 33.7 Å². The van der Waals surface area contributed by atoms with E-state index in [9.17, 15) is 4.79 Å². The maximum Gasteiger partial charge on any atom is 0.315 e. The third kappa shape index (κ3) is 5.42. The Balaban J connectivity index is 2.72. The van der Waals surface area contributed by atoms with Gasteiger partial charge in [-0.2, -0.15) is 0 Å². The molecule has 0 atom stereocenters. The van der Waals surface area contributed by atoms with Crippen molar-refractivity contribution in [2.45, 2.75) is 31.3 Å². The van der Waals surface area contributed by atoms with Crippen molar-refractivity contribution in [2.24, 2.45) is 0 Å². The maximum atomic E-state index is 11.2. The first-order valence-electron chi connectivity index (χ1n) is 5.74. The molecule has 0 unspecified atom stereocenters. The molecule has 5 heteroatoms. The standard InChI is InChI=1S/C13H18BrNO2S/c1-9(2)15-7-10-6-11(14)4-5-12(10)18-8-13(16)17-3/h4-6,9,15H,7-8H2,1-3H3. The van der Waals surface area contributed by atoms with Crippen molar-refractivity contribution in [3.8, 4) is 0 Å². The SMILES string of the molecule is COC(=O)CSc1ccc(Br)cc1CNC(C)C. The van der Waals surface area contributed by atoms with Crippen molar-refractivity contribution in [3.05, 3.63) is 28.2 Å². The molecule has 1 rings (SSSR count). The summed E-state index contributed by atoms with van der Waals surface area (Å²) in [6.07, 6.45) is 0. The van der Waals surface area contributed by atoms with Gasteiger partial charge in [0.2, 0.25) is 0 Å². The second-order valence-corrected chi connectivity index (χ2v) is 6.09. The Kier molecular flexibility index (Phi) is 6.75. The molecule has 0 saturated heterocycles. The van der Waals surface area contributed by atoms with Gasteiger partial charge in [0.25, 0.3) is 0 Å². The number of halogens is 1. The zero-order valence-electron chi connectivity index (χ0n) is 10.8. The molecule has 0 aliphatic rings. The first-order chi connectivity index (χ1) is 8.52. The predicted octanol–water partition coefficient (Wildman–Crippen LogP) is 3.21. The van der Waals surface area contributed by atoms with Gasteiger partial charge in [0.05, 0.1) is 12.9 Å². The van der Waals surface area contributed by atoms with E-state index in [-0.39, 0.29) is 5.97 Å². The second kappa shape index (κ2) is 7.81. The number of ether oxygens (including phenoxy) is 1. The van der Waals surface area contributed by atoms with Gasteiger partial charge in [-0.25, -0.2) is 0 Å². The normalized spacial score (nSPS) is 10.7. The third-order valence-corrected chi connectivity index (χ3v) is 3.88. The second-order valence-electron chi connectivity index (χ2n) is 4.15. The zero-order valence-corrected chi connectivity index (χ0v) is 13.2. The Hall–Kier alpha value is -0.520. The lowest BCUT2D eigenvalue weighted by Gasteiger charge is -2.12. The molecule has 0 aliphatic heterocycles. The molecule has 18 heavy (non-hydrogen) atoms. The highest BCUT2D eigenvalue weighted by Crippen LogP contribution is 2.26. The molecule has 1 aromatic rings. The van der Waals surface area contributed by atoms with Crippen LogP contribution in [0.4, 0.5) is 0 Å². The highest BCUT2D eigenvalue weighted by molar-refractivity contribution is 9.10. The van der Waals surface area contributed by atoms with Crippen molar-refractivity contribution in [1.82, 2.24) is 5.32 Å². The summed E-state index contributed by atoms with van der Waals surface area (Å²) in [7, 11) is 1.41. The first-order valence-corrected chi connectivity index (χ1v) is 7.52. The van der Waals surface area contributed by atoms with Crippen LogP contribution in [0.1, 0.15) is 19.4 Å². The predicted molar refractivity (Wildman–Crippen MR) is 78.9 cm³/mol. The summed E-state index contributed by atoms with van der Waals surface area (Å²) in [5.41, 5.74) is 1.19. The molecular formula is C13H18BrNO2S. The van der Waals surface area contributed by atoms with Crippen LogP contribution >= 0.6 is 27.7 Å². The molecule has 0 bridgehead atoms. The Labute approximate surface area is 121 Å². The molecule has 1 N–H and O–H groups in total. The van der Waals surface area contributed by atoms with E-state index in [4.69, 9.17) is 0 Å². The third-order valence-electron chi connectivity index (χ3n) is 2.30. The summed E-state index contributed by atoms with van der Waals surface area (Å²) >= 11 is 4.97. The number of rotatable bonds is 6. The summed E-state index contributed by atoms with van der Waals surface area (Å²) in [5.74, 6) is 0.137. The van der Waals surface area contributed by atoms with Crippen LogP contribution in [0.3, 0.4) is 0 Å². The van der Waals surface area contributed by atoms with Crippen LogP contribution in [0.5, 0.6) is 0 Å². The fourth-order valence-corrected chi connectivity index (χ4v) is 2.62. The summed E-state index contributed by atoms with van der Waals surface area (Å²) in [4.78, 5) is 12.3. The molecule has 0 aliphatic carbocycles. The van der Waals surface area contributed by atoms with E-state index in [1.807, 2.05) is 12.1 Å². The van der Waals surface area contributed by atoms with Crippen molar-refractivity contribution in [1.29, 1.82) is 0 Å². The van der Waals surface area contributed by atoms with E-state index >= 15 is 0 Å². The fourth-order valence-electron chi connectivity index (χ4n) is 1.34. The number of thioether (sulfide) groups is 1. The van der Waals surface area contributed by atoms with E-state index in [1.54, 1.807) is 0 Å². The van der Waals surface area contributed by atoms with Crippen LogP contribution in [0.2, 0.25) is 0 Å². The quantitative estimate of drug-likeness (QED) is 0.641. The molecule has 0 amide bonds. The minimum atomic E-state index is -0.203. The number of methoxy groups -OCH3 is 1. The topological polar surface area (TPSA) is 38.3 Å². The van der Waals surface area contributed by atoms with Gasteiger partial charge in [0.15, 0.2) is 0 Å². The molecule has 1 aromatic carbocycles. The van der Waals surface area contributed by atoms with E-state index in [0.29, 0.717) is 11.8 Å². The molecule has 0 radical (unpaired) electrons. The van der Waals surface area contributed by atoms with Gasteiger partial charge in [0.1, 0.15) is 0 Å². The minimum absolute atomic E-state index is 0.203. The van der Waals surface area contributed by atoms with Gasteiger partial charge in [0, 0.05) is 22.0 Å². The number of esters is 1. The van der Waals surface area contributed by atoms with Crippen LogP contribution in [0.25, 0.3) is 0 Å². The lowest BCUT2D eigenvalue weighted by molar-refractivity contribution is -0.137. The van der Waals surface area contributed by atoms with Crippen molar-refractivity contribution < 1.29 is 9.53 Å². The lowest BCUT2D eigenvalue weighted by Crippen LogP contribution is -2.22. The van der Waals surface area contributed by atoms with Gasteiger partial charge in [-0.15, -0.1) is 11.8 Å². The first kappa shape index (κ1) is 15.5. The number of benzene rings is 1. The smallest absolute Gasteiger partial charge is 0.315 e. The highest BCUT2D eigenvalue weighted by Gasteiger charge is 2.08. The Bertz CT molecular complexity index is 410. The van der Waals surface area contributed by atoms with E-state index in [0.717, 1.165) is 15.9 Å². The van der Waals surface area contributed by atoms with Gasteiger partial charge < -0.3 is 10.1 Å². The van der Waals surface area contributed by atoms with Crippen LogP contribution in [0, 0.1) is 0 Å². The summed E-state index contributed by atoms with van der Waals surface area (Å²) in [5, 5.41) is 3.38. The van der Waals surface area contributed by atoms with Crippen molar-refractivity contribution in [3.63, 3.8) is 0 Å². The molecule has 100 valence electrons. The average molecular weight is 332 g/mol. The molecule has 0 saturated carbocycles. The average Bonchev–Trinajstić information content (AvgIpc) is 2.34. The number of carbonyl (C=O) groups excluding carboxylic acids is 1. The monoisotopic (exact) mass is 331 g/mol. The number of hydrogen-bond donors (Lipinski definition) is 1. The molecule has 0 heterocycles. The minimum Gasteiger partial charge on any atom is -0.468 e. The zero-order chi connectivity index (χ0) is 13.5. The Morgan fingerprint density at radius 1 is 1.50 bits per heavy atom. The van der Waals surface area contributed by atoms with Gasteiger partial charge in [-0.05, 0) is 23.8 Å². The molecule has 0 spiro atoms. The number of carbonyl (C=O) groups is 1. The van der Waals surface area contributed by atoms with E-state index < -0.39 is 0 Å². The maximum absolute atomic E-state index is 11.2. The van der Waals surface area contributed by atoms with Crippen LogP contribution in [-0.4, -0.2) is 24.9 Å². The highest BCUT2D eigenvalue weighted by atomic mass is 79.9. The van der Waals surface area contributed by atoms with Crippen LogP contribution in [0.15, 0.2) is 27.6 Å². The Morgan fingerprint density at radius 3 is 2.83 bits per heavy atom. The van der Waals surface area contributed by atoms with Crippen LogP contribution in [-0.2, 0) is 16.1 Å². The Morgan fingerprint density at radius 2 is 2.22 bits per heavy atom. The molecule has 0 fully saturated rings. The fraction of sp³-hybridized carbons (Fsp3) is 0.462.